The lowest BCUT2D eigenvalue weighted by Crippen LogP contribution is -2.31. The first-order valence-electron chi connectivity index (χ1n) is 3.26. The minimum atomic E-state index is -0.222. The maximum Gasteiger partial charge on any atom is 0.251 e. The maximum absolute atomic E-state index is 10.9. The van der Waals surface area contributed by atoms with Crippen molar-refractivity contribution in [2.45, 2.75) is 13.8 Å². The van der Waals surface area contributed by atoms with E-state index < -0.39 is 0 Å². The zero-order valence-electron chi connectivity index (χ0n) is 6.09. The van der Waals surface area contributed by atoms with Crippen molar-refractivity contribution in [1.82, 2.24) is 5.43 Å². The summed E-state index contributed by atoms with van der Waals surface area (Å²) in [7, 11) is 0. The number of hydrogen-bond acceptors (Lipinski definition) is 3. The lowest BCUT2D eigenvalue weighted by Gasteiger charge is -2.09. The number of rotatable bonds is 1. The van der Waals surface area contributed by atoms with Crippen LogP contribution in [-0.2, 0) is 4.79 Å². The molecule has 1 heterocycles. The van der Waals surface area contributed by atoms with Crippen molar-refractivity contribution < 1.29 is 4.79 Å². The first-order chi connectivity index (χ1) is 4.63. The third-order valence-corrected chi connectivity index (χ3v) is 1.56. The van der Waals surface area contributed by atoms with Gasteiger partial charge in [-0.2, -0.15) is 5.10 Å². The van der Waals surface area contributed by atoms with E-state index in [1.807, 2.05) is 13.8 Å². The number of nitrogens with two attached hydrogens (primary N) is 1. The quantitative estimate of drug-likeness (QED) is 0.524. The smallest absolute Gasteiger partial charge is 0.251 e. The lowest BCUT2D eigenvalue weighted by atomic mass is 9.95. The van der Waals surface area contributed by atoms with Crippen LogP contribution in [0.5, 0.6) is 0 Å². The summed E-state index contributed by atoms with van der Waals surface area (Å²) in [6, 6.07) is 0. The summed E-state index contributed by atoms with van der Waals surface area (Å²) >= 11 is 0. The molecule has 1 amide bonds. The van der Waals surface area contributed by atoms with E-state index in [1.54, 1.807) is 0 Å². The summed E-state index contributed by atoms with van der Waals surface area (Å²) in [5, 5.41) is 3.61. The van der Waals surface area contributed by atoms with Gasteiger partial charge in [0.2, 0.25) is 0 Å². The van der Waals surface area contributed by atoms with Gasteiger partial charge in [-0.3, -0.25) is 4.79 Å². The summed E-state index contributed by atoms with van der Waals surface area (Å²) in [5.41, 5.74) is 7.76. The molecule has 56 valence electrons. The monoisotopic (exact) mass is 141 g/mol. The maximum atomic E-state index is 10.9. The molecule has 3 N–H and O–H groups in total. The molecule has 0 radical (unpaired) electrons. The largest absolute Gasteiger partial charge is 0.385 e. The molecule has 0 spiro atoms. The van der Waals surface area contributed by atoms with Gasteiger partial charge in [0.15, 0.2) is 0 Å². The van der Waals surface area contributed by atoms with E-state index in [-0.39, 0.29) is 17.7 Å². The van der Waals surface area contributed by atoms with Gasteiger partial charge in [0.1, 0.15) is 11.8 Å². The van der Waals surface area contributed by atoms with Gasteiger partial charge in [-0.1, -0.05) is 13.8 Å². The van der Waals surface area contributed by atoms with Gasteiger partial charge in [0, 0.05) is 0 Å². The molecule has 1 aliphatic rings. The molecule has 0 bridgehead atoms. The molecule has 1 atom stereocenters. The van der Waals surface area contributed by atoms with E-state index in [9.17, 15) is 4.79 Å². The molecular formula is C6H11N3O. The molecule has 4 nitrogen and oxygen atoms in total. The topological polar surface area (TPSA) is 67.5 Å². The van der Waals surface area contributed by atoms with Crippen LogP contribution in [0.3, 0.4) is 0 Å². The Bertz CT molecular complexity index is 185. The molecule has 0 fully saturated rings. The van der Waals surface area contributed by atoms with Gasteiger partial charge in [0.25, 0.3) is 5.91 Å². The van der Waals surface area contributed by atoms with Crippen molar-refractivity contribution in [3.63, 3.8) is 0 Å². The van der Waals surface area contributed by atoms with Crippen molar-refractivity contribution in [2.75, 3.05) is 0 Å². The van der Waals surface area contributed by atoms with Crippen LogP contribution in [0.2, 0.25) is 0 Å². The molecule has 0 aromatic heterocycles. The fraction of sp³-hybridized carbons (Fsp3) is 0.667. The molecule has 0 aliphatic carbocycles. The van der Waals surface area contributed by atoms with Crippen LogP contribution in [-0.4, -0.2) is 11.7 Å². The summed E-state index contributed by atoms with van der Waals surface area (Å²) in [6.45, 7) is 3.88. The number of carbonyl (C=O) groups excluding carboxylic acids is 1. The average Bonchev–Trinajstić information content (AvgIpc) is 2.11. The van der Waals surface area contributed by atoms with Gasteiger partial charge in [-0.05, 0) is 5.92 Å². The fourth-order valence-corrected chi connectivity index (χ4v) is 1.04. The second-order valence-electron chi connectivity index (χ2n) is 2.73. The normalized spacial score (nSPS) is 24.9. The number of amides is 1. The second kappa shape index (κ2) is 2.28. The highest BCUT2D eigenvalue weighted by atomic mass is 16.2. The standard InChI is InChI=1S/C6H11N3O/c1-3(2)4-5(7)8-9-6(4)10/h3-4H,1-2H3,(H2,7,8)(H,9,10). The molecule has 4 heteroatoms. The van der Waals surface area contributed by atoms with E-state index in [0.717, 1.165) is 0 Å². The number of hydrazone groups is 1. The van der Waals surface area contributed by atoms with Crippen LogP contribution in [0.25, 0.3) is 0 Å². The number of hydrogen-bond donors (Lipinski definition) is 2. The predicted octanol–water partition coefficient (Wildman–Crippen LogP) is -0.339. The lowest BCUT2D eigenvalue weighted by molar-refractivity contribution is -0.122. The van der Waals surface area contributed by atoms with Gasteiger partial charge in [-0.25, -0.2) is 5.43 Å². The van der Waals surface area contributed by atoms with Crippen LogP contribution in [0.15, 0.2) is 5.10 Å². The summed E-state index contributed by atoms with van der Waals surface area (Å²) in [6.07, 6.45) is 0. The first kappa shape index (κ1) is 7.05. The fourth-order valence-electron chi connectivity index (χ4n) is 1.04. The van der Waals surface area contributed by atoms with Crippen LogP contribution in [0.1, 0.15) is 13.8 Å². The zero-order valence-corrected chi connectivity index (χ0v) is 6.09. The van der Waals surface area contributed by atoms with Crippen molar-refractivity contribution in [2.24, 2.45) is 22.7 Å². The number of nitrogens with one attached hydrogen (secondary N) is 1. The van der Waals surface area contributed by atoms with Crippen LogP contribution in [0, 0.1) is 11.8 Å². The van der Waals surface area contributed by atoms with Crippen molar-refractivity contribution in [1.29, 1.82) is 0 Å². The molecule has 1 aliphatic heterocycles. The minimum absolute atomic E-state index is 0.0903. The van der Waals surface area contributed by atoms with Gasteiger partial charge in [0.05, 0.1) is 0 Å². The molecule has 0 aromatic carbocycles. The highest BCUT2D eigenvalue weighted by molar-refractivity contribution is 6.06. The third-order valence-electron chi connectivity index (χ3n) is 1.56. The van der Waals surface area contributed by atoms with E-state index in [2.05, 4.69) is 10.5 Å². The Morgan fingerprint density at radius 3 is 2.50 bits per heavy atom. The van der Waals surface area contributed by atoms with Crippen molar-refractivity contribution in [3.05, 3.63) is 0 Å². The van der Waals surface area contributed by atoms with Crippen molar-refractivity contribution >= 4 is 11.7 Å². The predicted molar refractivity (Wildman–Crippen MR) is 38.1 cm³/mol. The number of carbonyl (C=O) groups is 1. The molecular weight excluding hydrogens is 130 g/mol. The summed E-state index contributed by atoms with van der Waals surface area (Å²) in [4.78, 5) is 10.9. The number of nitrogens with zero attached hydrogens (tertiary/aromatic N) is 1. The molecule has 0 saturated carbocycles. The minimum Gasteiger partial charge on any atom is -0.385 e. The molecule has 1 rings (SSSR count). The highest BCUT2D eigenvalue weighted by Crippen LogP contribution is 2.14. The Morgan fingerprint density at radius 1 is 1.70 bits per heavy atom. The molecule has 0 aromatic rings. The van der Waals surface area contributed by atoms with Crippen LogP contribution < -0.4 is 11.2 Å². The Hall–Kier alpha value is -1.06. The molecule has 0 saturated heterocycles. The third kappa shape index (κ3) is 0.964. The van der Waals surface area contributed by atoms with E-state index in [4.69, 9.17) is 5.73 Å². The van der Waals surface area contributed by atoms with E-state index >= 15 is 0 Å². The van der Waals surface area contributed by atoms with E-state index in [1.165, 1.54) is 0 Å². The second-order valence-corrected chi connectivity index (χ2v) is 2.73. The average molecular weight is 141 g/mol. The first-order valence-corrected chi connectivity index (χ1v) is 3.26. The van der Waals surface area contributed by atoms with Gasteiger partial charge < -0.3 is 5.73 Å². The Kier molecular flexibility index (Phi) is 1.61. The number of amidine groups is 1. The Labute approximate surface area is 59.5 Å². The Morgan fingerprint density at radius 2 is 2.30 bits per heavy atom. The molecule has 1 unspecified atom stereocenters. The van der Waals surface area contributed by atoms with Crippen LogP contribution in [0.4, 0.5) is 0 Å². The van der Waals surface area contributed by atoms with Crippen molar-refractivity contribution in [3.8, 4) is 0 Å². The summed E-state index contributed by atoms with van der Waals surface area (Å²) in [5.74, 6) is 0.318. The van der Waals surface area contributed by atoms with E-state index in [0.29, 0.717) is 5.84 Å². The zero-order chi connectivity index (χ0) is 7.72. The van der Waals surface area contributed by atoms with Crippen LogP contribution >= 0.6 is 0 Å². The highest BCUT2D eigenvalue weighted by Gasteiger charge is 2.30. The molecule has 10 heavy (non-hydrogen) atoms. The summed E-state index contributed by atoms with van der Waals surface area (Å²) < 4.78 is 0. The SMILES string of the molecule is CC(C)C1C(=O)NN=C1N. The van der Waals surface area contributed by atoms with Gasteiger partial charge in [-0.15, -0.1) is 0 Å². The Balaban J connectivity index is 2.74. The van der Waals surface area contributed by atoms with Gasteiger partial charge >= 0.3 is 0 Å².